The second-order valence-electron chi connectivity index (χ2n) is 7.86. The summed E-state index contributed by atoms with van der Waals surface area (Å²) in [5.41, 5.74) is 4.11. The zero-order valence-corrected chi connectivity index (χ0v) is 15.3. The Labute approximate surface area is 155 Å². The molecule has 0 radical (unpaired) electrons. The number of phenols is 1. The van der Waals surface area contributed by atoms with Crippen molar-refractivity contribution >= 4 is 5.69 Å². The largest absolute Gasteiger partial charge is 0.508 e. The highest BCUT2D eigenvalue weighted by atomic mass is 16.5. The molecule has 3 aliphatic heterocycles. The van der Waals surface area contributed by atoms with Crippen molar-refractivity contribution in [2.75, 3.05) is 25.1 Å². The fraction of sp³-hybridized carbons (Fsp3) is 0.455. The maximum Gasteiger partial charge on any atom is 0.119 e. The van der Waals surface area contributed by atoms with Gasteiger partial charge in [-0.2, -0.15) is 0 Å². The van der Waals surface area contributed by atoms with Gasteiger partial charge in [-0.25, -0.2) is 0 Å². The minimum absolute atomic E-state index is 0.336. The van der Waals surface area contributed by atoms with Gasteiger partial charge in [0, 0.05) is 36.8 Å². The number of likely N-dealkylation sites (tertiary alicyclic amines) is 1. The van der Waals surface area contributed by atoms with Gasteiger partial charge in [0.15, 0.2) is 0 Å². The lowest BCUT2D eigenvalue weighted by Crippen LogP contribution is -2.43. The molecule has 136 valence electrons. The highest BCUT2D eigenvalue weighted by Gasteiger charge is 2.48. The summed E-state index contributed by atoms with van der Waals surface area (Å²) in [7, 11) is 1.75. The molecule has 2 saturated heterocycles. The van der Waals surface area contributed by atoms with Crippen molar-refractivity contribution in [1.82, 2.24) is 4.90 Å². The molecule has 2 aromatic carbocycles. The fourth-order valence-corrected chi connectivity index (χ4v) is 5.42. The summed E-state index contributed by atoms with van der Waals surface area (Å²) in [5, 5.41) is 9.56. The van der Waals surface area contributed by atoms with E-state index in [9.17, 15) is 5.11 Å². The van der Waals surface area contributed by atoms with Crippen molar-refractivity contribution in [2.24, 2.45) is 5.92 Å². The minimum Gasteiger partial charge on any atom is -0.508 e. The lowest BCUT2D eigenvalue weighted by molar-refractivity contribution is 0.199. The Morgan fingerprint density at radius 3 is 2.73 bits per heavy atom. The summed E-state index contributed by atoms with van der Waals surface area (Å²) < 4.78 is 5.54. The van der Waals surface area contributed by atoms with Gasteiger partial charge in [0.1, 0.15) is 11.5 Å². The van der Waals surface area contributed by atoms with E-state index in [-0.39, 0.29) is 0 Å². The average molecular weight is 350 g/mol. The van der Waals surface area contributed by atoms with Crippen LogP contribution in [0.3, 0.4) is 0 Å². The number of phenolic OH excluding ortho intramolecular Hbond substituents is 1. The Morgan fingerprint density at radius 2 is 1.92 bits per heavy atom. The number of hydrogen-bond acceptors (Lipinski definition) is 4. The van der Waals surface area contributed by atoms with Gasteiger partial charge in [-0.3, -0.25) is 4.90 Å². The second kappa shape index (κ2) is 6.20. The lowest BCUT2D eigenvalue weighted by Gasteiger charge is -2.43. The lowest BCUT2D eigenvalue weighted by atomic mass is 9.81. The zero-order chi connectivity index (χ0) is 17.7. The molecule has 4 heteroatoms. The van der Waals surface area contributed by atoms with Crippen molar-refractivity contribution in [2.45, 2.75) is 37.9 Å². The molecule has 26 heavy (non-hydrogen) atoms. The van der Waals surface area contributed by atoms with Crippen LogP contribution in [0.1, 0.15) is 36.4 Å². The van der Waals surface area contributed by atoms with Crippen molar-refractivity contribution in [1.29, 1.82) is 0 Å². The third kappa shape index (κ3) is 2.47. The number of aromatic hydroxyl groups is 1. The smallest absolute Gasteiger partial charge is 0.119 e. The average Bonchev–Trinajstić information content (AvgIpc) is 3.30. The van der Waals surface area contributed by atoms with Crippen LogP contribution in [-0.4, -0.2) is 36.2 Å². The Hall–Kier alpha value is -2.20. The second-order valence-corrected chi connectivity index (χ2v) is 7.86. The molecule has 0 saturated carbocycles. The Morgan fingerprint density at radius 1 is 1.08 bits per heavy atom. The molecule has 4 nitrogen and oxygen atoms in total. The molecule has 3 atom stereocenters. The molecule has 0 aromatic heterocycles. The third-order valence-electron chi connectivity index (χ3n) is 6.53. The van der Waals surface area contributed by atoms with Gasteiger partial charge < -0.3 is 14.7 Å². The normalized spacial score (nSPS) is 27.1. The first kappa shape index (κ1) is 16.0. The van der Waals surface area contributed by atoms with Gasteiger partial charge >= 0.3 is 0 Å². The summed E-state index contributed by atoms with van der Waals surface area (Å²) >= 11 is 0. The third-order valence-corrected chi connectivity index (χ3v) is 6.53. The maximum atomic E-state index is 9.56. The minimum atomic E-state index is 0.336. The predicted octanol–water partition coefficient (Wildman–Crippen LogP) is 3.95. The highest BCUT2D eigenvalue weighted by Crippen LogP contribution is 2.52. The number of hydrogen-bond donors (Lipinski definition) is 1. The number of fused-ring (bicyclic) bond motifs is 6. The van der Waals surface area contributed by atoms with Crippen LogP contribution in [0, 0.1) is 5.92 Å². The van der Waals surface area contributed by atoms with E-state index in [1.807, 2.05) is 12.1 Å². The van der Waals surface area contributed by atoms with E-state index < -0.39 is 0 Å². The quantitative estimate of drug-likeness (QED) is 0.909. The van der Waals surface area contributed by atoms with E-state index in [1.165, 1.54) is 42.6 Å². The molecule has 3 heterocycles. The fourth-order valence-electron chi connectivity index (χ4n) is 5.42. The topological polar surface area (TPSA) is 35.9 Å². The van der Waals surface area contributed by atoms with Crippen LogP contribution < -0.4 is 9.64 Å². The number of benzene rings is 2. The van der Waals surface area contributed by atoms with Crippen LogP contribution in [0.5, 0.6) is 11.5 Å². The Bertz CT molecular complexity index is 804. The standard InChI is InChI=1S/C22H26N2O2/c1-26-17-8-9-21-19(13-17)22-18(20-3-2-11-24(20)21)10-12-23(22)14-15-4-6-16(25)7-5-15/h4-9,13,18,20,22,25H,2-3,10-12,14H2,1H3/t18-,20-,22-/m1/s1. The van der Waals surface area contributed by atoms with E-state index in [4.69, 9.17) is 4.74 Å². The monoisotopic (exact) mass is 350 g/mol. The number of ether oxygens (including phenoxy) is 1. The molecular weight excluding hydrogens is 324 g/mol. The van der Waals surface area contributed by atoms with Crippen molar-refractivity contribution < 1.29 is 9.84 Å². The van der Waals surface area contributed by atoms with Gasteiger partial charge in [-0.1, -0.05) is 12.1 Å². The van der Waals surface area contributed by atoms with Crippen molar-refractivity contribution in [3.63, 3.8) is 0 Å². The molecule has 0 unspecified atom stereocenters. The van der Waals surface area contributed by atoms with Gasteiger partial charge in [0.2, 0.25) is 0 Å². The number of nitrogens with zero attached hydrogens (tertiary/aromatic N) is 2. The van der Waals surface area contributed by atoms with Gasteiger partial charge in [0.05, 0.1) is 7.11 Å². The van der Waals surface area contributed by atoms with Crippen molar-refractivity contribution in [3.05, 3.63) is 53.6 Å². The molecule has 2 aromatic rings. The molecule has 5 rings (SSSR count). The van der Waals surface area contributed by atoms with Crippen LogP contribution >= 0.6 is 0 Å². The summed E-state index contributed by atoms with van der Waals surface area (Å²) in [6.45, 7) is 3.26. The van der Waals surface area contributed by atoms with E-state index >= 15 is 0 Å². The number of anilines is 1. The van der Waals surface area contributed by atoms with Gasteiger partial charge in [-0.15, -0.1) is 0 Å². The molecule has 3 aliphatic rings. The van der Waals surface area contributed by atoms with Crippen LogP contribution in [0.15, 0.2) is 42.5 Å². The zero-order valence-electron chi connectivity index (χ0n) is 15.3. The first-order chi connectivity index (χ1) is 12.7. The first-order valence-corrected chi connectivity index (χ1v) is 9.71. The van der Waals surface area contributed by atoms with E-state index in [2.05, 4.69) is 28.0 Å². The molecular formula is C22H26N2O2. The molecule has 0 amide bonds. The predicted molar refractivity (Wildman–Crippen MR) is 103 cm³/mol. The van der Waals surface area contributed by atoms with Crippen LogP contribution in [0.2, 0.25) is 0 Å². The molecule has 0 aliphatic carbocycles. The first-order valence-electron chi connectivity index (χ1n) is 9.71. The van der Waals surface area contributed by atoms with Crippen LogP contribution in [0.25, 0.3) is 0 Å². The summed E-state index contributed by atoms with van der Waals surface area (Å²) in [6.07, 6.45) is 3.89. The summed E-state index contributed by atoms with van der Waals surface area (Å²) in [5.74, 6) is 1.99. The van der Waals surface area contributed by atoms with Crippen LogP contribution in [-0.2, 0) is 6.54 Å². The Balaban J connectivity index is 1.52. The molecule has 1 N–H and O–H groups in total. The molecule has 2 fully saturated rings. The van der Waals surface area contributed by atoms with E-state index in [0.29, 0.717) is 23.8 Å². The molecule has 0 spiro atoms. The SMILES string of the molecule is COc1ccc2c(c1)[C@H]1[C@H](CCN1Cc1ccc(O)cc1)[C@H]1CCCN21. The highest BCUT2D eigenvalue weighted by molar-refractivity contribution is 5.62. The molecule has 0 bridgehead atoms. The number of methoxy groups -OCH3 is 1. The van der Waals surface area contributed by atoms with Gasteiger partial charge in [-0.05, 0) is 67.3 Å². The number of rotatable bonds is 3. The summed E-state index contributed by atoms with van der Waals surface area (Å²) in [6, 6.07) is 15.4. The summed E-state index contributed by atoms with van der Waals surface area (Å²) in [4.78, 5) is 5.28. The van der Waals surface area contributed by atoms with Crippen LogP contribution in [0.4, 0.5) is 5.69 Å². The van der Waals surface area contributed by atoms with Gasteiger partial charge in [0.25, 0.3) is 0 Å². The van der Waals surface area contributed by atoms with E-state index in [0.717, 1.165) is 18.8 Å². The van der Waals surface area contributed by atoms with E-state index in [1.54, 1.807) is 19.2 Å². The van der Waals surface area contributed by atoms with Crippen molar-refractivity contribution in [3.8, 4) is 11.5 Å². The Kier molecular flexibility index (Phi) is 3.82. The maximum absolute atomic E-state index is 9.56.